The average Bonchev–Trinajstić information content (AvgIpc) is 3.23. The van der Waals surface area contributed by atoms with Crippen molar-refractivity contribution in [1.82, 2.24) is 5.48 Å². The predicted molar refractivity (Wildman–Crippen MR) is 139 cm³/mol. The SMILES string of the molecule is CC1CCC(C(=O)N(c2cc(C#CC(C)(C)C)sc2C(=O)O)[C@H]2CC=C(NOCC(=O)O)CC2)CC1. The number of carboxylic acid groups (broad SMARTS) is 2. The van der Waals surface area contributed by atoms with E-state index in [2.05, 4.69) is 24.2 Å². The first-order valence-electron chi connectivity index (χ1n) is 12.5. The van der Waals surface area contributed by atoms with Gasteiger partial charge in [-0.05, 0) is 77.7 Å². The molecule has 3 rings (SSSR count). The van der Waals surface area contributed by atoms with E-state index in [4.69, 9.17) is 9.94 Å². The Hall–Kier alpha value is -2.83. The Morgan fingerprint density at radius 1 is 1.17 bits per heavy atom. The van der Waals surface area contributed by atoms with Crippen LogP contribution in [0.15, 0.2) is 17.8 Å². The molecule has 0 unspecified atom stereocenters. The van der Waals surface area contributed by atoms with Gasteiger partial charge in [-0.15, -0.1) is 11.3 Å². The van der Waals surface area contributed by atoms with Crippen LogP contribution < -0.4 is 10.4 Å². The number of thiophene rings is 1. The summed E-state index contributed by atoms with van der Waals surface area (Å²) in [6, 6.07) is 1.54. The maximum Gasteiger partial charge on any atom is 0.348 e. The lowest BCUT2D eigenvalue weighted by Gasteiger charge is -2.37. The third-order valence-electron chi connectivity index (χ3n) is 6.48. The lowest BCUT2D eigenvalue weighted by molar-refractivity contribution is -0.144. The van der Waals surface area contributed by atoms with Crippen LogP contribution in [0.5, 0.6) is 0 Å². The van der Waals surface area contributed by atoms with Gasteiger partial charge >= 0.3 is 11.9 Å². The summed E-state index contributed by atoms with van der Waals surface area (Å²) in [4.78, 5) is 44.3. The molecule has 8 nitrogen and oxygen atoms in total. The maximum atomic E-state index is 13.9. The molecule has 2 aliphatic rings. The summed E-state index contributed by atoms with van der Waals surface area (Å²) in [6.45, 7) is 7.72. The van der Waals surface area contributed by atoms with Gasteiger partial charge in [0.2, 0.25) is 5.91 Å². The molecule has 3 N–H and O–H groups in total. The van der Waals surface area contributed by atoms with Crippen molar-refractivity contribution < 1.29 is 29.4 Å². The Labute approximate surface area is 216 Å². The van der Waals surface area contributed by atoms with Crippen LogP contribution in [-0.2, 0) is 14.4 Å². The minimum Gasteiger partial charge on any atom is -0.479 e. The van der Waals surface area contributed by atoms with Gasteiger partial charge < -0.3 is 15.1 Å². The van der Waals surface area contributed by atoms with Crippen molar-refractivity contribution >= 4 is 34.9 Å². The fourth-order valence-corrected chi connectivity index (χ4v) is 5.40. The van der Waals surface area contributed by atoms with Crippen molar-refractivity contribution in [3.05, 3.63) is 27.6 Å². The van der Waals surface area contributed by atoms with Crippen molar-refractivity contribution in [3.63, 3.8) is 0 Å². The van der Waals surface area contributed by atoms with Crippen LogP contribution in [0.3, 0.4) is 0 Å². The molecule has 1 heterocycles. The number of rotatable bonds is 8. The van der Waals surface area contributed by atoms with Crippen LogP contribution in [0, 0.1) is 29.1 Å². The van der Waals surface area contributed by atoms with Gasteiger partial charge in [0.1, 0.15) is 4.88 Å². The number of aromatic carboxylic acids is 1. The second kappa shape index (κ2) is 11.9. The summed E-state index contributed by atoms with van der Waals surface area (Å²) in [5.74, 6) is 4.57. The first-order valence-corrected chi connectivity index (χ1v) is 13.3. The summed E-state index contributed by atoms with van der Waals surface area (Å²) in [5.41, 5.74) is 3.63. The molecular formula is C27H36N2O6S. The first kappa shape index (κ1) is 27.8. The van der Waals surface area contributed by atoms with E-state index in [9.17, 15) is 19.5 Å². The monoisotopic (exact) mass is 516 g/mol. The highest BCUT2D eigenvalue weighted by Gasteiger charge is 2.36. The highest BCUT2D eigenvalue weighted by atomic mass is 32.1. The number of hydrogen-bond acceptors (Lipinski definition) is 6. The zero-order valence-electron chi connectivity index (χ0n) is 21.4. The van der Waals surface area contributed by atoms with Gasteiger partial charge in [-0.1, -0.05) is 24.8 Å². The molecule has 1 amide bonds. The molecule has 1 atom stereocenters. The Morgan fingerprint density at radius 3 is 2.42 bits per heavy atom. The Kier molecular flexibility index (Phi) is 9.20. The van der Waals surface area contributed by atoms with E-state index in [0.29, 0.717) is 35.7 Å². The maximum absolute atomic E-state index is 13.9. The van der Waals surface area contributed by atoms with Crippen LogP contribution in [-0.4, -0.2) is 40.7 Å². The van der Waals surface area contributed by atoms with Gasteiger partial charge in [-0.2, -0.15) is 0 Å². The molecule has 0 spiro atoms. The minimum absolute atomic E-state index is 0.0190. The van der Waals surface area contributed by atoms with E-state index in [1.165, 1.54) is 0 Å². The first-order chi connectivity index (χ1) is 16.9. The molecule has 9 heteroatoms. The molecule has 2 aliphatic carbocycles. The Morgan fingerprint density at radius 2 is 1.86 bits per heavy atom. The number of hydroxylamine groups is 1. The van der Waals surface area contributed by atoms with E-state index in [1.54, 1.807) is 11.0 Å². The Bertz CT molecular complexity index is 1070. The predicted octanol–water partition coefficient (Wildman–Crippen LogP) is 5.05. The summed E-state index contributed by atoms with van der Waals surface area (Å²) in [7, 11) is 0. The van der Waals surface area contributed by atoms with E-state index < -0.39 is 18.5 Å². The zero-order valence-corrected chi connectivity index (χ0v) is 22.2. The quantitative estimate of drug-likeness (QED) is 0.327. The van der Waals surface area contributed by atoms with E-state index in [1.807, 2.05) is 26.8 Å². The van der Waals surface area contributed by atoms with Gasteiger partial charge in [0.05, 0.1) is 10.6 Å². The highest BCUT2D eigenvalue weighted by Crippen LogP contribution is 2.38. The summed E-state index contributed by atoms with van der Waals surface area (Å²) in [6.07, 6.45) is 7.14. The van der Waals surface area contributed by atoms with E-state index in [0.717, 1.165) is 42.7 Å². The molecule has 0 radical (unpaired) electrons. The molecule has 0 aromatic carbocycles. The number of hydrogen-bond donors (Lipinski definition) is 3. The molecule has 196 valence electrons. The largest absolute Gasteiger partial charge is 0.479 e. The summed E-state index contributed by atoms with van der Waals surface area (Å²) in [5, 5.41) is 18.8. The number of anilines is 1. The van der Waals surface area contributed by atoms with Crippen LogP contribution in [0.4, 0.5) is 5.69 Å². The zero-order chi connectivity index (χ0) is 26.5. The van der Waals surface area contributed by atoms with Crippen LogP contribution in [0.2, 0.25) is 0 Å². The van der Waals surface area contributed by atoms with Gasteiger partial charge in [0.25, 0.3) is 0 Å². The number of carboxylic acids is 2. The van der Waals surface area contributed by atoms with Crippen molar-refractivity contribution in [2.75, 3.05) is 11.5 Å². The number of nitrogens with one attached hydrogen (secondary N) is 1. The lowest BCUT2D eigenvalue weighted by Crippen LogP contribution is -2.46. The molecule has 0 aliphatic heterocycles. The molecule has 0 saturated heterocycles. The average molecular weight is 517 g/mol. The van der Waals surface area contributed by atoms with Crippen LogP contribution >= 0.6 is 11.3 Å². The number of aliphatic carboxylic acids is 1. The smallest absolute Gasteiger partial charge is 0.348 e. The lowest BCUT2D eigenvalue weighted by atomic mass is 9.81. The second-order valence-corrected chi connectivity index (χ2v) is 11.8. The standard InChI is InChI=1S/C27H36N2O6S/c1-17-5-7-18(8-6-17)25(32)29(20-11-9-19(10-12-20)28-35-16-23(30)31)22-15-21(13-14-27(2,3)4)36-24(22)26(33)34/h9,15,17-18,20,28H,5-8,10-12,16H2,1-4H3,(H,30,31)(H,33,34)/t17?,18?,20-/m0/s1. The second-order valence-electron chi connectivity index (χ2n) is 10.7. The van der Waals surface area contributed by atoms with Gasteiger partial charge in [-0.25, -0.2) is 9.59 Å². The van der Waals surface area contributed by atoms with Crippen molar-refractivity contribution in [2.24, 2.45) is 17.3 Å². The highest BCUT2D eigenvalue weighted by molar-refractivity contribution is 7.15. The number of amides is 1. The van der Waals surface area contributed by atoms with Gasteiger partial charge in [0, 0.05) is 23.1 Å². The molecule has 1 aromatic rings. The Balaban J connectivity index is 1.92. The molecule has 1 fully saturated rings. The number of carbonyl (C=O) groups excluding carboxylic acids is 1. The van der Waals surface area contributed by atoms with Gasteiger partial charge in [-0.3, -0.25) is 15.1 Å². The fourth-order valence-electron chi connectivity index (χ4n) is 4.56. The number of nitrogens with zero attached hydrogens (tertiary/aromatic N) is 1. The van der Waals surface area contributed by atoms with Crippen molar-refractivity contribution in [2.45, 2.75) is 78.7 Å². The molecule has 36 heavy (non-hydrogen) atoms. The number of allylic oxidation sites excluding steroid dienone is 1. The molecule has 1 saturated carbocycles. The molecule has 1 aromatic heterocycles. The summed E-state index contributed by atoms with van der Waals surface area (Å²) < 4.78 is 0. The fraction of sp³-hybridized carbons (Fsp3) is 0.593. The molecular weight excluding hydrogens is 480 g/mol. The topological polar surface area (TPSA) is 116 Å². The van der Waals surface area contributed by atoms with Crippen LogP contribution in [0.1, 0.15) is 87.2 Å². The molecule has 0 bridgehead atoms. The normalized spacial score (nSPS) is 22.1. The van der Waals surface area contributed by atoms with Crippen LogP contribution in [0.25, 0.3) is 0 Å². The van der Waals surface area contributed by atoms with Crippen molar-refractivity contribution in [1.29, 1.82) is 0 Å². The third-order valence-corrected chi connectivity index (χ3v) is 7.50. The van der Waals surface area contributed by atoms with E-state index >= 15 is 0 Å². The summed E-state index contributed by atoms with van der Waals surface area (Å²) >= 11 is 1.11. The van der Waals surface area contributed by atoms with E-state index in [-0.39, 0.29) is 28.2 Å². The number of carbonyl (C=O) groups is 3. The van der Waals surface area contributed by atoms with Gasteiger partial charge in [0.15, 0.2) is 6.61 Å². The van der Waals surface area contributed by atoms with Crippen molar-refractivity contribution in [3.8, 4) is 11.8 Å². The third kappa shape index (κ3) is 7.58. The minimum atomic E-state index is -1.07.